The van der Waals surface area contributed by atoms with E-state index in [-0.39, 0.29) is 27.1 Å². The lowest BCUT2D eigenvalue weighted by Gasteiger charge is -2.12. The van der Waals surface area contributed by atoms with E-state index in [4.69, 9.17) is 23.8 Å². The Kier molecular flexibility index (Phi) is 5.61. The molecular weight excluding hydrogens is 359 g/mol. The first-order valence-corrected chi connectivity index (χ1v) is 7.23. The number of hydrogen-bond acceptors (Lipinski definition) is 4. The van der Waals surface area contributed by atoms with Gasteiger partial charge in [0.25, 0.3) is 11.6 Å². The second kappa shape index (κ2) is 7.66. The van der Waals surface area contributed by atoms with Crippen molar-refractivity contribution in [2.24, 2.45) is 0 Å². The number of hydrogen-bond donors (Lipinski definition) is 3. The Balaban J connectivity index is 1.97. The third-order valence-electron chi connectivity index (χ3n) is 2.82. The van der Waals surface area contributed by atoms with Crippen LogP contribution >= 0.6 is 23.8 Å². The van der Waals surface area contributed by atoms with E-state index in [9.17, 15) is 19.3 Å². The van der Waals surface area contributed by atoms with Crippen molar-refractivity contribution in [3.05, 3.63) is 69.0 Å². The molecule has 10 heteroatoms. The second-order valence-electron chi connectivity index (χ2n) is 4.43. The SMILES string of the molecule is O=C(NNC(=S)Nc1ccccc1F)c1ccc([N+](=O)[O-])cc1Cl. The van der Waals surface area contributed by atoms with Crippen molar-refractivity contribution < 1.29 is 14.1 Å². The van der Waals surface area contributed by atoms with E-state index >= 15 is 0 Å². The molecule has 0 fully saturated rings. The first kappa shape index (κ1) is 17.6. The maximum absolute atomic E-state index is 13.5. The number of rotatable bonds is 3. The van der Waals surface area contributed by atoms with E-state index in [2.05, 4.69) is 16.2 Å². The highest BCUT2D eigenvalue weighted by atomic mass is 35.5. The number of carbonyl (C=O) groups is 1. The number of nitrogens with zero attached hydrogens (tertiary/aromatic N) is 1. The van der Waals surface area contributed by atoms with Crippen molar-refractivity contribution in [1.29, 1.82) is 0 Å². The van der Waals surface area contributed by atoms with Crippen LogP contribution in [-0.4, -0.2) is 15.9 Å². The predicted octanol–water partition coefficient (Wildman–Crippen LogP) is 3.02. The standard InChI is InChI=1S/C14H10ClFN4O3S/c15-10-7-8(20(22)23)5-6-9(10)13(21)18-19-14(24)17-12-4-2-1-3-11(12)16/h1-7H,(H,18,21)(H2,17,19,24). The highest BCUT2D eigenvalue weighted by molar-refractivity contribution is 7.80. The van der Waals surface area contributed by atoms with Crippen LogP contribution in [0.4, 0.5) is 15.8 Å². The fraction of sp³-hybridized carbons (Fsp3) is 0. The zero-order valence-electron chi connectivity index (χ0n) is 11.9. The van der Waals surface area contributed by atoms with Gasteiger partial charge in [0.2, 0.25) is 0 Å². The molecule has 1 amide bonds. The molecule has 0 radical (unpaired) electrons. The van der Waals surface area contributed by atoms with Crippen molar-refractivity contribution in [3.63, 3.8) is 0 Å². The van der Waals surface area contributed by atoms with E-state index in [0.717, 1.165) is 12.1 Å². The average molecular weight is 369 g/mol. The molecule has 0 spiro atoms. The van der Waals surface area contributed by atoms with Gasteiger partial charge in [0.05, 0.1) is 21.2 Å². The average Bonchev–Trinajstić information content (AvgIpc) is 2.54. The summed E-state index contributed by atoms with van der Waals surface area (Å²) in [5.74, 6) is -1.17. The van der Waals surface area contributed by atoms with Crippen molar-refractivity contribution in [3.8, 4) is 0 Å². The van der Waals surface area contributed by atoms with Crippen LogP contribution in [0.2, 0.25) is 5.02 Å². The fourth-order valence-corrected chi connectivity index (χ4v) is 2.12. The number of nitrogens with one attached hydrogen (secondary N) is 3. The van der Waals surface area contributed by atoms with E-state index in [0.29, 0.717) is 0 Å². The Morgan fingerprint density at radius 1 is 1.21 bits per heavy atom. The van der Waals surface area contributed by atoms with Gasteiger partial charge in [-0.25, -0.2) is 4.39 Å². The lowest BCUT2D eigenvalue weighted by atomic mass is 10.2. The number of para-hydroxylation sites is 1. The number of amides is 1. The van der Waals surface area contributed by atoms with Gasteiger partial charge in [0.15, 0.2) is 5.11 Å². The van der Waals surface area contributed by atoms with Crippen LogP contribution in [0.15, 0.2) is 42.5 Å². The molecule has 7 nitrogen and oxygen atoms in total. The zero-order valence-corrected chi connectivity index (χ0v) is 13.5. The van der Waals surface area contributed by atoms with Gasteiger partial charge in [-0.2, -0.15) is 0 Å². The first-order chi connectivity index (χ1) is 11.4. The number of thiocarbonyl (C=S) groups is 1. The quantitative estimate of drug-likeness (QED) is 0.438. The fourth-order valence-electron chi connectivity index (χ4n) is 1.70. The highest BCUT2D eigenvalue weighted by Crippen LogP contribution is 2.22. The molecule has 24 heavy (non-hydrogen) atoms. The summed E-state index contributed by atoms with van der Waals surface area (Å²) in [4.78, 5) is 22.0. The molecule has 2 aromatic carbocycles. The topological polar surface area (TPSA) is 96.3 Å². The van der Waals surface area contributed by atoms with Crippen LogP contribution in [0, 0.1) is 15.9 Å². The molecule has 0 aliphatic carbocycles. The van der Waals surface area contributed by atoms with Crippen molar-refractivity contribution in [2.45, 2.75) is 0 Å². The van der Waals surface area contributed by atoms with Crippen LogP contribution in [0.1, 0.15) is 10.4 Å². The molecular formula is C14H10ClFN4O3S. The van der Waals surface area contributed by atoms with E-state index in [1.54, 1.807) is 6.07 Å². The Morgan fingerprint density at radius 3 is 2.54 bits per heavy atom. The molecule has 0 aliphatic heterocycles. The summed E-state index contributed by atoms with van der Waals surface area (Å²) in [7, 11) is 0. The molecule has 0 atom stereocenters. The monoisotopic (exact) mass is 368 g/mol. The molecule has 0 aromatic heterocycles. The van der Waals surface area contributed by atoms with E-state index in [1.807, 2.05) is 0 Å². The normalized spacial score (nSPS) is 9.92. The van der Waals surface area contributed by atoms with E-state index in [1.165, 1.54) is 24.3 Å². The van der Waals surface area contributed by atoms with Crippen LogP contribution in [0.25, 0.3) is 0 Å². The van der Waals surface area contributed by atoms with E-state index < -0.39 is 16.6 Å². The number of nitro benzene ring substituents is 1. The molecule has 2 aromatic rings. The molecule has 0 bridgehead atoms. The Labute approximate surface area is 145 Å². The summed E-state index contributed by atoms with van der Waals surface area (Å²) in [5, 5.41) is 13.1. The van der Waals surface area contributed by atoms with Gasteiger partial charge >= 0.3 is 0 Å². The minimum absolute atomic E-state index is 0.0171. The number of hydrazine groups is 1. The number of non-ortho nitro benzene ring substituents is 1. The van der Waals surface area contributed by atoms with Gasteiger partial charge in [-0.05, 0) is 30.4 Å². The summed E-state index contributed by atoms with van der Waals surface area (Å²) in [6.45, 7) is 0. The number of anilines is 1. The number of nitro groups is 1. The minimum Gasteiger partial charge on any atom is -0.329 e. The summed E-state index contributed by atoms with van der Waals surface area (Å²) >= 11 is 10.8. The lowest BCUT2D eigenvalue weighted by molar-refractivity contribution is -0.384. The van der Waals surface area contributed by atoms with Crippen LogP contribution < -0.4 is 16.2 Å². The molecule has 0 saturated heterocycles. The number of carbonyl (C=O) groups excluding carboxylic acids is 1. The van der Waals surface area contributed by atoms with Crippen molar-refractivity contribution >= 4 is 46.2 Å². The zero-order chi connectivity index (χ0) is 17.7. The molecule has 3 N–H and O–H groups in total. The summed E-state index contributed by atoms with van der Waals surface area (Å²) < 4.78 is 13.5. The van der Waals surface area contributed by atoms with Gasteiger partial charge in [-0.1, -0.05) is 23.7 Å². The molecule has 0 heterocycles. The van der Waals surface area contributed by atoms with Crippen LogP contribution in [0.3, 0.4) is 0 Å². The maximum Gasteiger partial charge on any atom is 0.271 e. The highest BCUT2D eigenvalue weighted by Gasteiger charge is 2.15. The number of benzene rings is 2. The molecule has 0 saturated carbocycles. The van der Waals surface area contributed by atoms with Crippen LogP contribution in [0.5, 0.6) is 0 Å². The number of halogens is 2. The smallest absolute Gasteiger partial charge is 0.271 e. The first-order valence-electron chi connectivity index (χ1n) is 6.44. The Hall–Kier alpha value is -2.78. The van der Waals surface area contributed by atoms with Gasteiger partial charge in [-0.3, -0.25) is 25.8 Å². The van der Waals surface area contributed by atoms with Crippen molar-refractivity contribution in [2.75, 3.05) is 5.32 Å². The largest absolute Gasteiger partial charge is 0.329 e. The van der Waals surface area contributed by atoms with Crippen molar-refractivity contribution in [1.82, 2.24) is 10.9 Å². The predicted molar refractivity (Wildman–Crippen MR) is 91.3 cm³/mol. The summed E-state index contributed by atoms with van der Waals surface area (Å²) in [6, 6.07) is 9.28. The molecule has 0 aliphatic rings. The van der Waals surface area contributed by atoms with Gasteiger partial charge < -0.3 is 5.32 Å². The maximum atomic E-state index is 13.5. The van der Waals surface area contributed by atoms with Crippen LogP contribution in [-0.2, 0) is 0 Å². The molecule has 2 rings (SSSR count). The molecule has 0 unspecified atom stereocenters. The third-order valence-corrected chi connectivity index (χ3v) is 3.34. The van der Waals surface area contributed by atoms with Gasteiger partial charge in [0, 0.05) is 12.1 Å². The van der Waals surface area contributed by atoms with Gasteiger partial charge in [-0.15, -0.1) is 0 Å². The Morgan fingerprint density at radius 2 is 1.92 bits per heavy atom. The summed E-state index contributed by atoms with van der Waals surface area (Å²) in [5.41, 5.74) is 4.56. The minimum atomic E-state index is -0.660. The molecule has 124 valence electrons. The second-order valence-corrected chi connectivity index (χ2v) is 5.25. The Bertz CT molecular complexity index is 818. The summed E-state index contributed by atoms with van der Waals surface area (Å²) in [6.07, 6.45) is 0. The third kappa shape index (κ3) is 4.37. The van der Waals surface area contributed by atoms with Gasteiger partial charge in [0.1, 0.15) is 5.82 Å². The lowest BCUT2D eigenvalue weighted by Crippen LogP contribution is -2.43.